The Labute approximate surface area is 143 Å². The molecule has 0 aliphatic rings. The van der Waals surface area contributed by atoms with E-state index in [0.717, 1.165) is 24.3 Å². The number of nitrogens with one attached hydrogen (secondary N) is 3. The van der Waals surface area contributed by atoms with E-state index < -0.39 is 29.1 Å². The molecular formula is C16H20F3N3O3. The summed E-state index contributed by atoms with van der Waals surface area (Å²) in [5.41, 5.74) is 2.85. The van der Waals surface area contributed by atoms with Crippen LogP contribution in [-0.4, -0.2) is 23.3 Å². The van der Waals surface area contributed by atoms with E-state index in [1.807, 2.05) is 0 Å². The molecule has 0 atom stereocenters. The molecule has 0 saturated carbocycles. The molecule has 0 fully saturated rings. The summed E-state index contributed by atoms with van der Waals surface area (Å²) in [4.78, 5) is 34.9. The highest BCUT2D eigenvalue weighted by Gasteiger charge is 2.30. The molecule has 0 radical (unpaired) electrons. The molecule has 3 N–H and O–H groups in total. The van der Waals surface area contributed by atoms with Gasteiger partial charge in [0.25, 0.3) is 5.91 Å². The van der Waals surface area contributed by atoms with E-state index in [1.165, 1.54) is 0 Å². The predicted octanol–water partition coefficient (Wildman–Crippen LogP) is 2.16. The van der Waals surface area contributed by atoms with Gasteiger partial charge in [-0.05, 0) is 45.0 Å². The van der Waals surface area contributed by atoms with Crippen LogP contribution >= 0.6 is 0 Å². The van der Waals surface area contributed by atoms with Crippen LogP contribution in [0.15, 0.2) is 24.3 Å². The number of hydrogen-bond acceptors (Lipinski definition) is 3. The first-order valence-corrected chi connectivity index (χ1v) is 7.46. The maximum atomic E-state index is 12.4. The summed E-state index contributed by atoms with van der Waals surface area (Å²) < 4.78 is 37.3. The van der Waals surface area contributed by atoms with Gasteiger partial charge in [-0.3, -0.25) is 25.2 Å². The fraction of sp³-hybridized carbons (Fsp3) is 0.438. The van der Waals surface area contributed by atoms with E-state index in [9.17, 15) is 27.6 Å². The van der Waals surface area contributed by atoms with Crippen molar-refractivity contribution in [3.05, 3.63) is 35.4 Å². The molecule has 0 bridgehead atoms. The number of amides is 3. The molecule has 138 valence electrons. The van der Waals surface area contributed by atoms with Crippen molar-refractivity contribution in [3.8, 4) is 0 Å². The third-order valence-corrected chi connectivity index (χ3v) is 2.88. The van der Waals surface area contributed by atoms with E-state index in [-0.39, 0.29) is 24.3 Å². The summed E-state index contributed by atoms with van der Waals surface area (Å²) >= 11 is 0. The van der Waals surface area contributed by atoms with Gasteiger partial charge >= 0.3 is 6.18 Å². The summed E-state index contributed by atoms with van der Waals surface area (Å²) in [6.45, 7) is 5.40. The maximum Gasteiger partial charge on any atom is 0.416 e. The maximum absolute atomic E-state index is 12.4. The number of rotatable bonds is 4. The van der Waals surface area contributed by atoms with Crippen LogP contribution in [0.5, 0.6) is 0 Å². The number of halogens is 3. The molecule has 0 aliphatic heterocycles. The Morgan fingerprint density at radius 1 is 0.880 bits per heavy atom. The molecule has 1 rings (SSSR count). The second-order valence-electron chi connectivity index (χ2n) is 6.38. The Bertz CT molecular complexity index is 635. The lowest BCUT2D eigenvalue weighted by Gasteiger charge is -2.20. The smallest absolute Gasteiger partial charge is 0.351 e. The minimum atomic E-state index is -4.49. The minimum Gasteiger partial charge on any atom is -0.351 e. The van der Waals surface area contributed by atoms with Crippen LogP contribution in [0.2, 0.25) is 0 Å². The second-order valence-corrected chi connectivity index (χ2v) is 6.38. The van der Waals surface area contributed by atoms with Crippen molar-refractivity contribution in [3.63, 3.8) is 0 Å². The number of hydrogen-bond donors (Lipinski definition) is 3. The summed E-state index contributed by atoms with van der Waals surface area (Å²) in [5.74, 6) is -1.66. The Balaban J connectivity index is 2.43. The van der Waals surface area contributed by atoms with Crippen molar-refractivity contribution >= 4 is 17.7 Å². The summed E-state index contributed by atoms with van der Waals surface area (Å²) in [5, 5.41) is 2.68. The monoisotopic (exact) mass is 359 g/mol. The Morgan fingerprint density at radius 3 is 1.88 bits per heavy atom. The van der Waals surface area contributed by atoms with Gasteiger partial charge in [-0.2, -0.15) is 13.2 Å². The lowest BCUT2D eigenvalue weighted by Crippen LogP contribution is -2.43. The Hall–Kier alpha value is -2.58. The molecule has 0 aromatic heterocycles. The molecule has 0 aliphatic carbocycles. The zero-order chi connectivity index (χ0) is 19.3. The van der Waals surface area contributed by atoms with Gasteiger partial charge in [-0.15, -0.1) is 0 Å². The van der Waals surface area contributed by atoms with Crippen LogP contribution < -0.4 is 16.2 Å². The number of alkyl halides is 3. The van der Waals surface area contributed by atoms with E-state index in [4.69, 9.17) is 0 Å². The Kier molecular flexibility index (Phi) is 6.55. The first-order valence-electron chi connectivity index (χ1n) is 7.46. The van der Waals surface area contributed by atoms with Crippen molar-refractivity contribution in [1.29, 1.82) is 0 Å². The van der Waals surface area contributed by atoms with Gasteiger partial charge in [0.2, 0.25) is 11.8 Å². The van der Waals surface area contributed by atoms with Crippen molar-refractivity contribution in [2.45, 2.75) is 45.3 Å². The third kappa shape index (κ3) is 7.69. The van der Waals surface area contributed by atoms with Crippen LogP contribution in [0, 0.1) is 0 Å². The number of carbonyl (C=O) groups is 3. The van der Waals surface area contributed by atoms with Crippen molar-refractivity contribution in [1.82, 2.24) is 16.2 Å². The quantitative estimate of drug-likeness (QED) is 0.720. The summed E-state index contributed by atoms with van der Waals surface area (Å²) in [7, 11) is 0. The zero-order valence-corrected chi connectivity index (χ0v) is 14.1. The second kappa shape index (κ2) is 8.00. The Morgan fingerprint density at radius 2 is 1.40 bits per heavy atom. The van der Waals surface area contributed by atoms with E-state index in [1.54, 1.807) is 20.8 Å². The van der Waals surface area contributed by atoms with Gasteiger partial charge in [0, 0.05) is 23.9 Å². The fourth-order valence-corrected chi connectivity index (χ4v) is 1.78. The van der Waals surface area contributed by atoms with Crippen molar-refractivity contribution in [2.24, 2.45) is 0 Å². The lowest BCUT2D eigenvalue weighted by atomic mass is 10.1. The number of benzene rings is 1. The van der Waals surface area contributed by atoms with Gasteiger partial charge in [-0.1, -0.05) is 0 Å². The molecule has 0 unspecified atom stereocenters. The topological polar surface area (TPSA) is 87.3 Å². The van der Waals surface area contributed by atoms with E-state index in [0.29, 0.717) is 0 Å². The highest BCUT2D eigenvalue weighted by Crippen LogP contribution is 2.28. The average molecular weight is 359 g/mol. The largest absolute Gasteiger partial charge is 0.416 e. The minimum absolute atomic E-state index is 0.0428. The fourth-order valence-electron chi connectivity index (χ4n) is 1.78. The SMILES string of the molecule is CC(C)(C)NC(=O)CCC(=O)NNC(=O)c1ccc(C(F)(F)F)cc1. The number of carbonyl (C=O) groups excluding carboxylic acids is 3. The van der Waals surface area contributed by atoms with Crippen molar-refractivity contribution in [2.75, 3.05) is 0 Å². The molecule has 9 heteroatoms. The molecule has 0 heterocycles. The van der Waals surface area contributed by atoms with Crippen LogP contribution in [0.3, 0.4) is 0 Å². The van der Waals surface area contributed by atoms with E-state index >= 15 is 0 Å². The highest BCUT2D eigenvalue weighted by molar-refractivity contribution is 5.95. The first kappa shape index (κ1) is 20.5. The highest BCUT2D eigenvalue weighted by atomic mass is 19.4. The van der Waals surface area contributed by atoms with Crippen LogP contribution in [0.4, 0.5) is 13.2 Å². The van der Waals surface area contributed by atoms with Crippen molar-refractivity contribution < 1.29 is 27.6 Å². The van der Waals surface area contributed by atoms with Gasteiger partial charge in [0.1, 0.15) is 0 Å². The van der Waals surface area contributed by atoms with Gasteiger partial charge in [-0.25, -0.2) is 0 Å². The van der Waals surface area contributed by atoms with Gasteiger partial charge in [0.15, 0.2) is 0 Å². The van der Waals surface area contributed by atoms with Gasteiger partial charge in [0.05, 0.1) is 5.56 Å². The number of hydrazine groups is 1. The zero-order valence-electron chi connectivity index (χ0n) is 14.1. The van der Waals surface area contributed by atoms with Crippen LogP contribution in [0.1, 0.15) is 49.5 Å². The third-order valence-electron chi connectivity index (χ3n) is 2.88. The molecule has 1 aromatic carbocycles. The molecule has 3 amide bonds. The normalized spacial score (nSPS) is 11.6. The first-order chi connectivity index (χ1) is 11.4. The molecule has 0 saturated heterocycles. The summed E-state index contributed by atoms with van der Waals surface area (Å²) in [6.07, 6.45) is -4.69. The van der Waals surface area contributed by atoms with E-state index in [2.05, 4.69) is 16.2 Å². The predicted molar refractivity (Wildman–Crippen MR) is 84.2 cm³/mol. The average Bonchev–Trinajstić information content (AvgIpc) is 2.48. The molecule has 0 spiro atoms. The molecular weight excluding hydrogens is 339 g/mol. The van der Waals surface area contributed by atoms with Crippen LogP contribution in [-0.2, 0) is 15.8 Å². The molecule has 25 heavy (non-hydrogen) atoms. The van der Waals surface area contributed by atoms with Gasteiger partial charge < -0.3 is 5.32 Å². The summed E-state index contributed by atoms with van der Waals surface area (Å²) in [6, 6.07) is 3.54. The van der Waals surface area contributed by atoms with Crippen LogP contribution in [0.25, 0.3) is 0 Å². The standard InChI is InChI=1S/C16H20F3N3O3/c1-15(2,3)20-12(23)8-9-13(24)21-22-14(25)10-4-6-11(7-5-10)16(17,18)19/h4-7H,8-9H2,1-3H3,(H,20,23)(H,21,24)(H,22,25). The lowest BCUT2D eigenvalue weighted by molar-refractivity contribution is -0.137. The molecule has 1 aromatic rings. The molecule has 6 nitrogen and oxygen atoms in total.